The largest absolute Gasteiger partial charge is 0.394 e. The topological polar surface area (TPSA) is 78.9 Å². The summed E-state index contributed by atoms with van der Waals surface area (Å²) >= 11 is 0. The highest BCUT2D eigenvalue weighted by molar-refractivity contribution is 7.87. The van der Waals surface area contributed by atoms with Crippen molar-refractivity contribution in [3.05, 3.63) is 35.9 Å². The van der Waals surface area contributed by atoms with Crippen LogP contribution in [-0.4, -0.2) is 50.7 Å². The van der Waals surface area contributed by atoms with Gasteiger partial charge in [0.2, 0.25) is 0 Å². The molecule has 0 spiro atoms. The molecule has 6 nitrogen and oxygen atoms in total. The van der Waals surface area contributed by atoms with Gasteiger partial charge >= 0.3 is 0 Å². The van der Waals surface area contributed by atoms with Crippen molar-refractivity contribution >= 4 is 10.2 Å². The summed E-state index contributed by atoms with van der Waals surface area (Å²) in [5, 5.41) is 9.37. The molecule has 2 N–H and O–H groups in total. The highest BCUT2D eigenvalue weighted by atomic mass is 32.2. The van der Waals surface area contributed by atoms with Crippen molar-refractivity contribution in [1.29, 1.82) is 0 Å². The van der Waals surface area contributed by atoms with Crippen LogP contribution >= 0.6 is 0 Å². The van der Waals surface area contributed by atoms with E-state index in [9.17, 15) is 13.5 Å². The highest BCUT2D eigenvalue weighted by Gasteiger charge is 2.27. The molecule has 0 radical (unpaired) electrons. The molecule has 19 heavy (non-hydrogen) atoms. The van der Waals surface area contributed by atoms with E-state index in [1.54, 1.807) is 24.3 Å². The molecule has 0 unspecified atom stereocenters. The van der Waals surface area contributed by atoms with Crippen molar-refractivity contribution in [1.82, 2.24) is 9.03 Å². The zero-order chi connectivity index (χ0) is 13.7. The lowest BCUT2D eigenvalue weighted by molar-refractivity contribution is 0.0721. The molecule has 1 fully saturated rings. The predicted molar refractivity (Wildman–Crippen MR) is 70.7 cm³/mol. The van der Waals surface area contributed by atoms with Gasteiger partial charge < -0.3 is 9.84 Å². The summed E-state index contributed by atoms with van der Waals surface area (Å²) in [6.45, 7) is 1.18. The molecule has 1 aliphatic rings. The minimum atomic E-state index is -3.60. The Morgan fingerprint density at radius 2 is 1.89 bits per heavy atom. The van der Waals surface area contributed by atoms with Gasteiger partial charge in [0.1, 0.15) is 0 Å². The zero-order valence-electron chi connectivity index (χ0n) is 10.5. The fourth-order valence-electron chi connectivity index (χ4n) is 1.94. The fourth-order valence-corrected chi connectivity index (χ4v) is 3.29. The quantitative estimate of drug-likeness (QED) is 0.791. The number of hydrogen-bond acceptors (Lipinski definition) is 4. The summed E-state index contributed by atoms with van der Waals surface area (Å²) in [7, 11) is -3.60. The Morgan fingerprint density at radius 1 is 1.26 bits per heavy atom. The van der Waals surface area contributed by atoms with Crippen molar-refractivity contribution in [2.75, 3.05) is 32.9 Å². The van der Waals surface area contributed by atoms with Crippen molar-refractivity contribution in [3.63, 3.8) is 0 Å². The normalized spacial score (nSPS) is 19.2. The Hall–Kier alpha value is -0.990. The van der Waals surface area contributed by atoms with Gasteiger partial charge in [0.25, 0.3) is 10.2 Å². The van der Waals surface area contributed by atoms with E-state index in [0.717, 1.165) is 5.56 Å². The first-order valence-electron chi connectivity index (χ1n) is 6.14. The number of morpholine rings is 1. The van der Waals surface area contributed by atoms with E-state index < -0.39 is 16.3 Å². The molecule has 0 bridgehead atoms. The maximum Gasteiger partial charge on any atom is 0.280 e. The second-order valence-corrected chi connectivity index (χ2v) is 5.98. The Bertz CT molecular complexity index is 486. The smallest absolute Gasteiger partial charge is 0.280 e. The molecule has 1 aromatic carbocycles. The average molecular weight is 286 g/mol. The van der Waals surface area contributed by atoms with Gasteiger partial charge in [-0.1, -0.05) is 30.3 Å². The van der Waals surface area contributed by atoms with Gasteiger partial charge in [-0.2, -0.15) is 17.4 Å². The highest BCUT2D eigenvalue weighted by Crippen LogP contribution is 2.14. The molecule has 0 saturated carbocycles. The first-order chi connectivity index (χ1) is 9.13. The van der Waals surface area contributed by atoms with E-state index >= 15 is 0 Å². The van der Waals surface area contributed by atoms with E-state index in [1.165, 1.54) is 4.31 Å². The van der Waals surface area contributed by atoms with Crippen LogP contribution in [-0.2, 0) is 14.9 Å². The molecule has 0 aliphatic carbocycles. The van der Waals surface area contributed by atoms with Crippen molar-refractivity contribution in [2.24, 2.45) is 0 Å². The van der Waals surface area contributed by atoms with Gasteiger partial charge in [-0.05, 0) is 5.56 Å². The molecule has 0 aromatic heterocycles. The molecule has 7 heteroatoms. The SMILES string of the molecule is O=S(=O)(N[C@@H](CO)c1ccccc1)N1CCOCC1. The Morgan fingerprint density at radius 3 is 2.47 bits per heavy atom. The minimum absolute atomic E-state index is 0.284. The maximum absolute atomic E-state index is 12.2. The predicted octanol–water partition coefficient (Wildman–Crippen LogP) is -0.113. The van der Waals surface area contributed by atoms with E-state index in [-0.39, 0.29) is 6.61 Å². The van der Waals surface area contributed by atoms with Crippen LogP contribution in [0, 0.1) is 0 Å². The van der Waals surface area contributed by atoms with Crippen LogP contribution in [0.2, 0.25) is 0 Å². The summed E-state index contributed by atoms with van der Waals surface area (Å²) < 4.78 is 33.3. The molecular weight excluding hydrogens is 268 g/mol. The number of nitrogens with one attached hydrogen (secondary N) is 1. The van der Waals surface area contributed by atoms with Gasteiger partial charge in [0.15, 0.2) is 0 Å². The van der Waals surface area contributed by atoms with E-state index in [0.29, 0.717) is 26.3 Å². The number of hydrogen-bond donors (Lipinski definition) is 2. The average Bonchev–Trinajstić information content (AvgIpc) is 2.47. The third-order valence-electron chi connectivity index (χ3n) is 2.99. The third-order valence-corrected chi connectivity index (χ3v) is 4.61. The maximum atomic E-state index is 12.2. The lowest BCUT2D eigenvalue weighted by Gasteiger charge is -2.28. The molecule has 1 saturated heterocycles. The molecular formula is C12H18N2O4S. The van der Waals surface area contributed by atoms with Crippen LogP contribution in [0.15, 0.2) is 30.3 Å². The van der Waals surface area contributed by atoms with Crippen LogP contribution in [0.25, 0.3) is 0 Å². The molecule has 2 rings (SSSR count). The first-order valence-corrected chi connectivity index (χ1v) is 7.58. The van der Waals surface area contributed by atoms with E-state index in [4.69, 9.17) is 4.74 Å². The summed E-state index contributed by atoms with van der Waals surface area (Å²) in [4.78, 5) is 0. The Balaban J connectivity index is 2.09. The molecule has 1 heterocycles. The Kier molecular flexibility index (Phi) is 4.89. The summed E-state index contributed by atoms with van der Waals surface area (Å²) in [5.74, 6) is 0. The second kappa shape index (κ2) is 6.44. The van der Waals surface area contributed by atoms with Crippen LogP contribution in [0.1, 0.15) is 11.6 Å². The molecule has 1 atom stereocenters. The van der Waals surface area contributed by atoms with Crippen molar-refractivity contribution in [2.45, 2.75) is 6.04 Å². The number of benzene rings is 1. The number of aliphatic hydroxyl groups is 1. The van der Waals surface area contributed by atoms with Gasteiger partial charge in [0, 0.05) is 13.1 Å². The van der Waals surface area contributed by atoms with Gasteiger partial charge in [0.05, 0.1) is 25.9 Å². The van der Waals surface area contributed by atoms with Crippen LogP contribution in [0.4, 0.5) is 0 Å². The Labute approximate surface area is 113 Å². The molecule has 1 aliphatic heterocycles. The van der Waals surface area contributed by atoms with Crippen molar-refractivity contribution < 1.29 is 18.3 Å². The minimum Gasteiger partial charge on any atom is -0.394 e. The number of nitrogens with zero attached hydrogens (tertiary/aromatic N) is 1. The van der Waals surface area contributed by atoms with Crippen LogP contribution in [0.5, 0.6) is 0 Å². The third kappa shape index (κ3) is 3.74. The first kappa shape index (κ1) is 14.4. The van der Waals surface area contributed by atoms with Gasteiger partial charge in [-0.15, -0.1) is 0 Å². The molecule has 0 amide bonds. The standard InChI is InChI=1S/C12H18N2O4S/c15-10-12(11-4-2-1-3-5-11)13-19(16,17)14-6-8-18-9-7-14/h1-5,12-13,15H,6-10H2/t12-/m0/s1. The number of aliphatic hydroxyl groups excluding tert-OH is 1. The number of ether oxygens (including phenoxy) is 1. The fraction of sp³-hybridized carbons (Fsp3) is 0.500. The number of rotatable bonds is 5. The summed E-state index contributed by atoms with van der Waals surface area (Å²) in [6.07, 6.45) is 0. The lowest BCUT2D eigenvalue weighted by Crippen LogP contribution is -2.48. The zero-order valence-corrected chi connectivity index (χ0v) is 11.3. The van der Waals surface area contributed by atoms with Crippen LogP contribution < -0.4 is 4.72 Å². The molecule has 1 aromatic rings. The summed E-state index contributed by atoms with van der Waals surface area (Å²) in [6, 6.07) is 8.39. The summed E-state index contributed by atoms with van der Waals surface area (Å²) in [5.41, 5.74) is 0.738. The molecule has 106 valence electrons. The van der Waals surface area contributed by atoms with Gasteiger partial charge in [-0.3, -0.25) is 0 Å². The van der Waals surface area contributed by atoms with E-state index in [2.05, 4.69) is 4.72 Å². The van der Waals surface area contributed by atoms with Crippen molar-refractivity contribution in [3.8, 4) is 0 Å². The lowest BCUT2D eigenvalue weighted by atomic mass is 10.1. The second-order valence-electron chi connectivity index (χ2n) is 4.28. The monoisotopic (exact) mass is 286 g/mol. The van der Waals surface area contributed by atoms with E-state index in [1.807, 2.05) is 6.07 Å². The van der Waals surface area contributed by atoms with Gasteiger partial charge in [-0.25, -0.2) is 0 Å². The van der Waals surface area contributed by atoms with Crippen LogP contribution in [0.3, 0.4) is 0 Å².